The summed E-state index contributed by atoms with van der Waals surface area (Å²) in [5.41, 5.74) is 6.56. The summed E-state index contributed by atoms with van der Waals surface area (Å²) in [6, 6.07) is 32.7. The van der Waals surface area contributed by atoms with Crippen molar-refractivity contribution in [3.05, 3.63) is 115 Å². The molecule has 37 heavy (non-hydrogen) atoms. The fourth-order valence-corrected chi connectivity index (χ4v) is 4.59. The van der Waals surface area contributed by atoms with Crippen molar-refractivity contribution < 1.29 is 0 Å². The SMILES string of the molecule is C=Nc1nc(-c2ccc(-c3nc4ncccc4n3-c3ccccc3)cc2)n(-c2ccccc2)c1/C=C\C. The molecular weight excluding hydrogens is 456 g/mol. The van der Waals surface area contributed by atoms with Gasteiger partial charge in [0.25, 0.3) is 0 Å². The molecule has 3 aromatic carbocycles. The smallest absolute Gasteiger partial charge is 0.178 e. The number of rotatable bonds is 6. The van der Waals surface area contributed by atoms with E-state index in [1.54, 1.807) is 6.20 Å². The number of imidazole rings is 2. The quantitative estimate of drug-likeness (QED) is 0.235. The lowest BCUT2D eigenvalue weighted by molar-refractivity contribution is 1.05. The topological polar surface area (TPSA) is 60.9 Å². The average Bonchev–Trinajstić information content (AvgIpc) is 3.53. The molecule has 3 aromatic heterocycles. The van der Waals surface area contributed by atoms with Gasteiger partial charge < -0.3 is 0 Å². The third-order valence-corrected chi connectivity index (χ3v) is 6.23. The maximum atomic E-state index is 4.88. The number of hydrogen-bond donors (Lipinski definition) is 0. The Morgan fingerprint density at radius 1 is 0.703 bits per heavy atom. The van der Waals surface area contributed by atoms with Crippen molar-refractivity contribution in [2.75, 3.05) is 0 Å². The maximum Gasteiger partial charge on any atom is 0.178 e. The van der Waals surface area contributed by atoms with Crippen LogP contribution in [0.25, 0.3) is 51.4 Å². The molecule has 6 rings (SSSR count). The van der Waals surface area contributed by atoms with Gasteiger partial charge in [0.05, 0.1) is 11.2 Å². The van der Waals surface area contributed by atoms with Crippen LogP contribution in [-0.2, 0) is 0 Å². The Morgan fingerprint density at radius 3 is 1.89 bits per heavy atom. The number of nitrogens with zero attached hydrogens (tertiary/aromatic N) is 6. The predicted molar refractivity (Wildman–Crippen MR) is 151 cm³/mol. The molecule has 0 N–H and O–H groups in total. The van der Waals surface area contributed by atoms with Crippen LogP contribution >= 0.6 is 0 Å². The molecule has 178 valence electrons. The Morgan fingerprint density at radius 2 is 1.30 bits per heavy atom. The Bertz CT molecular complexity index is 1730. The van der Waals surface area contributed by atoms with E-state index in [2.05, 4.69) is 74.4 Å². The number of allylic oxidation sites excluding steroid dienone is 1. The molecule has 0 atom stereocenters. The van der Waals surface area contributed by atoms with Gasteiger partial charge in [0.15, 0.2) is 11.5 Å². The Hall–Kier alpha value is -5.10. The minimum atomic E-state index is 0.595. The maximum absolute atomic E-state index is 4.88. The van der Waals surface area contributed by atoms with E-state index in [4.69, 9.17) is 9.97 Å². The van der Waals surface area contributed by atoms with Gasteiger partial charge in [-0.2, -0.15) is 0 Å². The molecule has 6 nitrogen and oxygen atoms in total. The fourth-order valence-electron chi connectivity index (χ4n) is 4.59. The molecule has 0 aliphatic rings. The van der Waals surface area contributed by atoms with Gasteiger partial charge in [-0.3, -0.25) is 9.13 Å². The third-order valence-electron chi connectivity index (χ3n) is 6.23. The first-order valence-electron chi connectivity index (χ1n) is 12.1. The molecule has 0 fully saturated rings. The zero-order valence-corrected chi connectivity index (χ0v) is 20.4. The molecule has 6 heteroatoms. The number of fused-ring (bicyclic) bond motifs is 1. The van der Waals surface area contributed by atoms with Crippen LogP contribution in [0.4, 0.5) is 5.82 Å². The molecule has 0 aliphatic carbocycles. The van der Waals surface area contributed by atoms with E-state index in [9.17, 15) is 0 Å². The van der Waals surface area contributed by atoms with Gasteiger partial charge in [-0.15, -0.1) is 0 Å². The van der Waals surface area contributed by atoms with Gasteiger partial charge in [-0.25, -0.2) is 19.9 Å². The van der Waals surface area contributed by atoms with Crippen molar-refractivity contribution >= 4 is 29.8 Å². The predicted octanol–water partition coefficient (Wildman–Crippen LogP) is 7.31. The minimum absolute atomic E-state index is 0.595. The monoisotopic (exact) mass is 480 g/mol. The van der Waals surface area contributed by atoms with Crippen LogP contribution in [0.15, 0.2) is 114 Å². The van der Waals surface area contributed by atoms with Gasteiger partial charge in [-0.05, 0) is 56.1 Å². The molecule has 0 amide bonds. The normalized spacial score (nSPS) is 11.4. The summed E-state index contributed by atoms with van der Waals surface area (Å²) in [7, 11) is 0. The lowest BCUT2D eigenvalue weighted by atomic mass is 10.1. The van der Waals surface area contributed by atoms with Crippen LogP contribution < -0.4 is 0 Å². The van der Waals surface area contributed by atoms with Crippen molar-refractivity contribution in [1.29, 1.82) is 0 Å². The Balaban J connectivity index is 1.50. The highest BCUT2D eigenvalue weighted by Gasteiger charge is 2.19. The van der Waals surface area contributed by atoms with E-state index in [0.717, 1.165) is 45.4 Å². The van der Waals surface area contributed by atoms with Crippen molar-refractivity contribution in [2.24, 2.45) is 4.99 Å². The lowest BCUT2D eigenvalue weighted by Crippen LogP contribution is -2.00. The van der Waals surface area contributed by atoms with Gasteiger partial charge in [0.2, 0.25) is 0 Å². The van der Waals surface area contributed by atoms with Gasteiger partial charge >= 0.3 is 0 Å². The molecule has 6 aromatic rings. The summed E-state index contributed by atoms with van der Waals surface area (Å²) in [5.74, 6) is 2.23. The molecule has 3 heterocycles. The van der Waals surface area contributed by atoms with Crippen molar-refractivity contribution in [1.82, 2.24) is 24.1 Å². The summed E-state index contributed by atoms with van der Waals surface area (Å²) in [6.07, 6.45) is 5.77. The van der Waals surface area contributed by atoms with Gasteiger partial charge in [0.1, 0.15) is 11.6 Å². The number of benzene rings is 3. The molecule has 0 spiro atoms. The van der Waals surface area contributed by atoms with Crippen LogP contribution in [0.2, 0.25) is 0 Å². The van der Waals surface area contributed by atoms with E-state index in [-0.39, 0.29) is 0 Å². The lowest BCUT2D eigenvalue weighted by Gasteiger charge is -2.12. The Labute approximate surface area is 215 Å². The highest BCUT2D eigenvalue weighted by Crippen LogP contribution is 2.34. The van der Waals surface area contributed by atoms with Crippen LogP contribution in [0.3, 0.4) is 0 Å². The van der Waals surface area contributed by atoms with Crippen molar-refractivity contribution in [2.45, 2.75) is 6.92 Å². The second kappa shape index (κ2) is 9.51. The summed E-state index contributed by atoms with van der Waals surface area (Å²) in [5, 5.41) is 0. The first-order chi connectivity index (χ1) is 18.3. The van der Waals surface area contributed by atoms with Crippen molar-refractivity contribution in [3.8, 4) is 34.2 Å². The second-order valence-corrected chi connectivity index (χ2v) is 8.50. The standard InChI is InChI=1S/C31H24N6/c1-3-11-26-28(32-2)34-30(36(26)24-12-6-4-7-13-24)22-17-19-23(20-18-22)31-35-29-27(16-10-21-33-29)37(31)25-14-8-5-9-15-25/h3-21H,2H2,1H3/b11-3-. The molecule has 0 aliphatic heterocycles. The second-order valence-electron chi connectivity index (χ2n) is 8.50. The highest BCUT2D eigenvalue weighted by molar-refractivity contribution is 5.81. The van der Waals surface area contributed by atoms with E-state index in [1.807, 2.05) is 67.6 Å². The zero-order valence-electron chi connectivity index (χ0n) is 20.4. The van der Waals surface area contributed by atoms with E-state index in [0.29, 0.717) is 11.5 Å². The molecule has 0 saturated carbocycles. The van der Waals surface area contributed by atoms with Crippen LogP contribution in [0, 0.1) is 0 Å². The number of para-hydroxylation sites is 2. The number of aliphatic imine (C=N–C) groups is 1. The summed E-state index contributed by atoms with van der Waals surface area (Å²) in [6.45, 7) is 5.74. The van der Waals surface area contributed by atoms with Gasteiger partial charge in [-0.1, -0.05) is 66.7 Å². The van der Waals surface area contributed by atoms with Crippen LogP contribution in [0.1, 0.15) is 12.6 Å². The number of hydrogen-bond acceptors (Lipinski definition) is 4. The summed E-state index contributed by atoms with van der Waals surface area (Å²) >= 11 is 0. The number of pyridine rings is 1. The first-order valence-corrected chi connectivity index (χ1v) is 12.1. The third kappa shape index (κ3) is 3.94. The van der Waals surface area contributed by atoms with E-state index < -0.39 is 0 Å². The largest absolute Gasteiger partial charge is 0.291 e. The molecule has 0 bridgehead atoms. The zero-order chi connectivity index (χ0) is 25.2. The summed E-state index contributed by atoms with van der Waals surface area (Å²) in [4.78, 5) is 18.4. The fraction of sp³-hybridized carbons (Fsp3) is 0.0323. The molecule has 0 saturated heterocycles. The van der Waals surface area contributed by atoms with E-state index in [1.165, 1.54) is 0 Å². The highest BCUT2D eigenvalue weighted by atomic mass is 15.1. The Kier molecular flexibility index (Phi) is 5.75. The molecule has 0 radical (unpaired) electrons. The van der Waals surface area contributed by atoms with Crippen LogP contribution in [-0.4, -0.2) is 30.8 Å². The average molecular weight is 481 g/mol. The van der Waals surface area contributed by atoms with Gasteiger partial charge in [0, 0.05) is 28.7 Å². The van der Waals surface area contributed by atoms with Crippen LogP contribution in [0.5, 0.6) is 0 Å². The van der Waals surface area contributed by atoms with E-state index >= 15 is 0 Å². The molecular formula is C31H24N6. The number of aromatic nitrogens is 5. The molecule has 0 unspecified atom stereocenters. The summed E-state index contributed by atoms with van der Waals surface area (Å²) < 4.78 is 4.26. The first kappa shape index (κ1) is 22.4. The minimum Gasteiger partial charge on any atom is -0.291 e. The van der Waals surface area contributed by atoms with Crippen molar-refractivity contribution in [3.63, 3.8) is 0 Å².